The van der Waals surface area contributed by atoms with Gasteiger partial charge in [0.15, 0.2) is 0 Å². The zero-order valence-corrected chi connectivity index (χ0v) is 12.8. The largest absolute Gasteiger partial charge is 0.481 e. The summed E-state index contributed by atoms with van der Waals surface area (Å²) in [7, 11) is 0. The summed E-state index contributed by atoms with van der Waals surface area (Å²) >= 11 is 0. The van der Waals surface area contributed by atoms with E-state index in [0.29, 0.717) is 19.4 Å². The molecule has 2 aromatic rings. The monoisotopic (exact) mass is 316 g/mol. The van der Waals surface area contributed by atoms with Crippen LogP contribution < -0.4 is 5.32 Å². The van der Waals surface area contributed by atoms with Gasteiger partial charge in [0, 0.05) is 18.9 Å². The van der Waals surface area contributed by atoms with Crippen molar-refractivity contribution in [3.63, 3.8) is 0 Å². The second-order valence-corrected chi connectivity index (χ2v) is 5.30. The van der Waals surface area contributed by atoms with Gasteiger partial charge in [-0.25, -0.2) is 4.98 Å². The molecule has 0 saturated carbocycles. The number of hydrogen-bond donors (Lipinski definition) is 2. The fraction of sp³-hybridized carbons (Fsp3) is 0.375. The van der Waals surface area contributed by atoms with Crippen molar-refractivity contribution >= 4 is 11.9 Å². The van der Waals surface area contributed by atoms with Gasteiger partial charge in [-0.3, -0.25) is 14.3 Å². The van der Waals surface area contributed by atoms with Gasteiger partial charge in [0.05, 0.1) is 6.54 Å². The third-order valence-corrected chi connectivity index (χ3v) is 3.43. The highest BCUT2D eigenvalue weighted by Gasteiger charge is 2.15. The first kappa shape index (κ1) is 16.7. The molecule has 0 aliphatic carbocycles. The summed E-state index contributed by atoms with van der Waals surface area (Å²) in [4.78, 5) is 26.7. The topological polar surface area (TPSA) is 97.1 Å². The maximum absolute atomic E-state index is 12.1. The molecule has 0 bridgehead atoms. The quantitative estimate of drug-likeness (QED) is 0.726. The van der Waals surface area contributed by atoms with E-state index >= 15 is 0 Å². The van der Waals surface area contributed by atoms with Gasteiger partial charge in [-0.05, 0) is 18.4 Å². The molecule has 23 heavy (non-hydrogen) atoms. The number of aromatic nitrogens is 3. The Morgan fingerprint density at radius 3 is 2.65 bits per heavy atom. The predicted octanol–water partition coefficient (Wildman–Crippen LogP) is 1.26. The molecule has 2 N–H and O–H groups in total. The van der Waals surface area contributed by atoms with E-state index in [-0.39, 0.29) is 24.8 Å². The van der Waals surface area contributed by atoms with Crippen LogP contribution in [-0.2, 0) is 22.6 Å². The zero-order chi connectivity index (χ0) is 16.5. The minimum atomic E-state index is -0.861. The lowest BCUT2D eigenvalue weighted by molar-refractivity contribution is -0.137. The average molecular weight is 316 g/mol. The van der Waals surface area contributed by atoms with Gasteiger partial charge in [-0.15, -0.1) is 0 Å². The van der Waals surface area contributed by atoms with Crippen molar-refractivity contribution in [2.75, 3.05) is 0 Å². The van der Waals surface area contributed by atoms with Crippen LogP contribution in [0.1, 0.15) is 24.8 Å². The van der Waals surface area contributed by atoms with Crippen LogP contribution >= 0.6 is 0 Å². The molecule has 7 heteroatoms. The van der Waals surface area contributed by atoms with Crippen LogP contribution in [0, 0.1) is 0 Å². The number of carbonyl (C=O) groups is 2. The third kappa shape index (κ3) is 6.29. The number of nitrogens with zero attached hydrogens (tertiary/aromatic N) is 3. The van der Waals surface area contributed by atoms with Crippen molar-refractivity contribution in [2.45, 2.75) is 38.3 Å². The van der Waals surface area contributed by atoms with Crippen molar-refractivity contribution in [3.8, 4) is 0 Å². The first-order valence-electron chi connectivity index (χ1n) is 7.51. The number of hydrogen-bond acceptors (Lipinski definition) is 4. The molecule has 0 aliphatic rings. The summed E-state index contributed by atoms with van der Waals surface area (Å²) < 4.78 is 1.59. The lowest BCUT2D eigenvalue weighted by atomic mass is 10.0. The minimum Gasteiger partial charge on any atom is -0.481 e. The van der Waals surface area contributed by atoms with Gasteiger partial charge in [-0.2, -0.15) is 5.10 Å². The fourth-order valence-corrected chi connectivity index (χ4v) is 2.29. The molecule has 0 saturated heterocycles. The number of amides is 1. The van der Waals surface area contributed by atoms with Crippen molar-refractivity contribution in [3.05, 3.63) is 48.5 Å². The molecule has 7 nitrogen and oxygen atoms in total. The van der Waals surface area contributed by atoms with E-state index < -0.39 is 5.97 Å². The molecule has 0 spiro atoms. The number of aryl methyl sites for hydroxylation is 1. The van der Waals surface area contributed by atoms with Crippen molar-refractivity contribution in [2.24, 2.45) is 0 Å². The summed E-state index contributed by atoms with van der Waals surface area (Å²) in [6, 6.07) is 9.51. The number of benzene rings is 1. The van der Waals surface area contributed by atoms with Crippen LogP contribution in [-0.4, -0.2) is 37.8 Å². The summed E-state index contributed by atoms with van der Waals surface area (Å²) in [5.41, 5.74) is 1.07. The van der Waals surface area contributed by atoms with Crippen LogP contribution in [0.2, 0.25) is 0 Å². The molecule has 1 aromatic heterocycles. The zero-order valence-electron chi connectivity index (χ0n) is 12.8. The molecule has 0 fully saturated rings. The molecule has 122 valence electrons. The van der Waals surface area contributed by atoms with Crippen molar-refractivity contribution < 1.29 is 14.7 Å². The van der Waals surface area contributed by atoms with Gasteiger partial charge in [0.1, 0.15) is 12.7 Å². The van der Waals surface area contributed by atoms with Gasteiger partial charge in [0.25, 0.3) is 0 Å². The molecule has 2 rings (SSSR count). The minimum absolute atomic E-state index is 0.0286. The van der Waals surface area contributed by atoms with Gasteiger partial charge in [0.2, 0.25) is 5.91 Å². The average Bonchev–Trinajstić information content (AvgIpc) is 3.05. The number of nitrogens with one attached hydrogen (secondary N) is 1. The van der Waals surface area contributed by atoms with Gasteiger partial charge < -0.3 is 10.4 Å². The molecular formula is C16H20N4O3. The first-order chi connectivity index (χ1) is 11.1. The Hall–Kier alpha value is -2.70. The molecular weight excluding hydrogens is 296 g/mol. The number of carboxylic acid groups (broad SMARTS) is 1. The summed E-state index contributed by atoms with van der Waals surface area (Å²) in [5, 5.41) is 15.7. The summed E-state index contributed by atoms with van der Waals surface area (Å²) in [6.07, 6.45) is 4.30. The predicted molar refractivity (Wildman–Crippen MR) is 83.6 cm³/mol. The van der Waals surface area contributed by atoms with E-state index in [2.05, 4.69) is 15.4 Å². The summed E-state index contributed by atoms with van der Waals surface area (Å²) in [6.45, 7) is 0.447. The highest BCUT2D eigenvalue weighted by molar-refractivity contribution is 5.76. The Morgan fingerprint density at radius 1 is 1.22 bits per heavy atom. The Morgan fingerprint density at radius 2 is 2.00 bits per heavy atom. The Bertz CT molecular complexity index is 614. The van der Waals surface area contributed by atoms with E-state index in [1.165, 1.54) is 6.33 Å². The molecule has 1 unspecified atom stereocenters. The first-order valence-corrected chi connectivity index (χ1v) is 7.51. The maximum Gasteiger partial charge on any atom is 0.303 e. The smallest absolute Gasteiger partial charge is 0.303 e. The lowest BCUT2D eigenvalue weighted by Crippen LogP contribution is -2.37. The van der Waals surface area contributed by atoms with Crippen LogP contribution in [0.5, 0.6) is 0 Å². The Labute approximate surface area is 134 Å². The highest BCUT2D eigenvalue weighted by Crippen LogP contribution is 2.08. The third-order valence-electron chi connectivity index (χ3n) is 3.43. The molecule has 1 heterocycles. The fourth-order valence-electron chi connectivity index (χ4n) is 2.29. The molecule has 1 amide bonds. The van der Waals surface area contributed by atoms with Gasteiger partial charge >= 0.3 is 5.97 Å². The van der Waals surface area contributed by atoms with E-state index in [1.54, 1.807) is 11.0 Å². The van der Waals surface area contributed by atoms with Crippen molar-refractivity contribution in [1.29, 1.82) is 0 Å². The van der Waals surface area contributed by atoms with E-state index in [0.717, 1.165) is 5.56 Å². The highest BCUT2D eigenvalue weighted by atomic mass is 16.4. The van der Waals surface area contributed by atoms with Crippen LogP contribution in [0.3, 0.4) is 0 Å². The van der Waals surface area contributed by atoms with Crippen molar-refractivity contribution in [1.82, 2.24) is 20.1 Å². The second kappa shape index (κ2) is 8.67. The normalized spacial score (nSPS) is 11.8. The summed E-state index contributed by atoms with van der Waals surface area (Å²) in [5.74, 6) is -0.980. The van der Waals surface area contributed by atoms with E-state index in [4.69, 9.17) is 5.11 Å². The molecule has 1 aromatic carbocycles. The van der Waals surface area contributed by atoms with E-state index in [9.17, 15) is 9.59 Å². The van der Waals surface area contributed by atoms with Gasteiger partial charge in [-0.1, -0.05) is 30.3 Å². The Balaban J connectivity index is 1.87. The number of rotatable bonds is 9. The maximum atomic E-state index is 12.1. The molecule has 0 radical (unpaired) electrons. The molecule has 1 atom stereocenters. The number of aliphatic carboxylic acids is 1. The standard InChI is InChI=1S/C16H20N4O3/c21-15(8-9-20-12-17-11-18-20)19-14(6-7-16(22)23)10-13-4-2-1-3-5-13/h1-5,11-12,14H,6-10H2,(H,19,21)(H,22,23). The SMILES string of the molecule is O=C(O)CCC(Cc1ccccc1)NC(=O)CCn1cncn1. The van der Waals surface area contributed by atoms with Crippen LogP contribution in [0.25, 0.3) is 0 Å². The Kier molecular flexibility index (Phi) is 6.28. The van der Waals surface area contributed by atoms with Crippen LogP contribution in [0.15, 0.2) is 43.0 Å². The van der Waals surface area contributed by atoms with Crippen LogP contribution in [0.4, 0.5) is 0 Å². The molecule has 0 aliphatic heterocycles. The lowest BCUT2D eigenvalue weighted by Gasteiger charge is -2.18. The number of carboxylic acids is 1. The van der Waals surface area contributed by atoms with E-state index in [1.807, 2.05) is 30.3 Å². The second-order valence-electron chi connectivity index (χ2n) is 5.30. The number of carbonyl (C=O) groups excluding carboxylic acids is 1.